The average Bonchev–Trinajstić information content (AvgIpc) is 3.47. The third kappa shape index (κ3) is 4.21. The summed E-state index contributed by atoms with van der Waals surface area (Å²) in [5.41, 5.74) is 3.96. The Bertz CT molecular complexity index is 1630. The first-order chi connectivity index (χ1) is 17.6. The number of sulfonamides is 1. The number of aromatic nitrogens is 5. The van der Waals surface area contributed by atoms with Crippen molar-refractivity contribution >= 4 is 32.5 Å². The second kappa shape index (κ2) is 8.66. The van der Waals surface area contributed by atoms with Gasteiger partial charge in [0.25, 0.3) is 5.92 Å². The number of nitrogens with one attached hydrogen (secondary N) is 1. The molecule has 3 aromatic heterocycles. The Morgan fingerprint density at radius 2 is 1.95 bits per heavy atom. The van der Waals surface area contributed by atoms with E-state index >= 15 is 0 Å². The van der Waals surface area contributed by atoms with Gasteiger partial charge in [0, 0.05) is 37.2 Å². The zero-order chi connectivity index (χ0) is 25.9. The van der Waals surface area contributed by atoms with E-state index in [1.54, 1.807) is 19.3 Å². The molecule has 1 fully saturated rings. The highest BCUT2D eigenvalue weighted by molar-refractivity contribution is 7.88. The number of nitrogens with zero attached hydrogens (tertiary/aromatic N) is 6. The van der Waals surface area contributed by atoms with Gasteiger partial charge in [0.2, 0.25) is 10.0 Å². The first kappa shape index (κ1) is 24.1. The summed E-state index contributed by atoms with van der Waals surface area (Å²) >= 11 is 0. The lowest BCUT2D eigenvalue weighted by molar-refractivity contribution is -0.00184. The fraction of sp³-hybridized carbons (Fsp3) is 0.440. The number of piperidine rings is 1. The molecule has 0 bridgehead atoms. The van der Waals surface area contributed by atoms with Crippen LogP contribution in [0.3, 0.4) is 0 Å². The van der Waals surface area contributed by atoms with Gasteiger partial charge in [-0.25, -0.2) is 31.5 Å². The van der Waals surface area contributed by atoms with Crippen LogP contribution in [-0.2, 0) is 28.9 Å². The molecule has 0 amide bonds. The molecule has 0 atom stereocenters. The second-order valence-electron chi connectivity index (χ2n) is 9.92. The Morgan fingerprint density at radius 1 is 1.16 bits per heavy atom. The summed E-state index contributed by atoms with van der Waals surface area (Å²) < 4.78 is 55.9. The Labute approximate surface area is 213 Å². The number of hydrogen-bond acceptors (Lipinski definition) is 7. The second-order valence-corrected chi connectivity index (χ2v) is 11.9. The number of hydrogen-bond donors (Lipinski definition) is 1. The van der Waals surface area contributed by atoms with E-state index in [0.29, 0.717) is 67.4 Å². The van der Waals surface area contributed by atoms with Crippen molar-refractivity contribution < 1.29 is 17.2 Å². The average molecular weight is 528 g/mol. The van der Waals surface area contributed by atoms with Gasteiger partial charge in [-0.1, -0.05) is 18.2 Å². The van der Waals surface area contributed by atoms with Crippen LogP contribution in [0.25, 0.3) is 16.7 Å². The van der Waals surface area contributed by atoms with E-state index in [9.17, 15) is 17.2 Å². The standard InChI is InChI=1S/C25H27F2N7O2S/c1-15-30-22(28-13-17-4-3-5-21-18(17)6-9-25(21,26)27)20-12-19(24-32-29-14-34(24)23(20)31-15)16-7-10-33(11-8-16)37(2,35)36/h3-5,12,14,16H,6-11,13H2,1-2H3,(H,28,30,31). The van der Waals surface area contributed by atoms with Crippen molar-refractivity contribution in [3.05, 3.63) is 58.7 Å². The number of halogens is 2. The third-order valence-corrected chi connectivity index (χ3v) is 8.84. The Kier molecular flexibility index (Phi) is 5.64. The van der Waals surface area contributed by atoms with Gasteiger partial charge in [0.05, 0.1) is 11.6 Å². The first-order valence-electron chi connectivity index (χ1n) is 12.3. The van der Waals surface area contributed by atoms with Crippen molar-refractivity contribution in [1.29, 1.82) is 0 Å². The molecule has 6 rings (SSSR count). The first-order valence-corrected chi connectivity index (χ1v) is 14.2. The molecule has 0 spiro atoms. The molecule has 2 aliphatic rings. The summed E-state index contributed by atoms with van der Waals surface area (Å²) in [6, 6.07) is 7.09. The summed E-state index contributed by atoms with van der Waals surface area (Å²) in [7, 11) is -3.23. The zero-order valence-electron chi connectivity index (χ0n) is 20.6. The maximum atomic E-state index is 14.3. The monoisotopic (exact) mass is 527 g/mol. The molecule has 1 aromatic carbocycles. The van der Waals surface area contributed by atoms with Crippen molar-refractivity contribution in [3.8, 4) is 0 Å². The van der Waals surface area contributed by atoms with E-state index < -0.39 is 15.9 Å². The minimum Gasteiger partial charge on any atom is -0.365 e. The van der Waals surface area contributed by atoms with E-state index in [0.717, 1.165) is 16.5 Å². The van der Waals surface area contributed by atoms with E-state index in [-0.39, 0.29) is 17.9 Å². The summed E-state index contributed by atoms with van der Waals surface area (Å²) in [5, 5.41) is 12.6. The number of rotatable bonds is 5. The van der Waals surface area contributed by atoms with Crippen molar-refractivity contribution in [1.82, 2.24) is 28.9 Å². The molecule has 12 heteroatoms. The predicted octanol–water partition coefficient (Wildman–Crippen LogP) is 3.77. The molecule has 9 nitrogen and oxygen atoms in total. The minimum absolute atomic E-state index is 0.0999. The number of anilines is 1. The van der Waals surface area contributed by atoms with Gasteiger partial charge >= 0.3 is 0 Å². The van der Waals surface area contributed by atoms with Crippen molar-refractivity contribution in [2.24, 2.45) is 0 Å². The van der Waals surface area contributed by atoms with Gasteiger partial charge in [-0.15, -0.1) is 10.2 Å². The fourth-order valence-corrected chi connectivity index (χ4v) is 6.53. The van der Waals surface area contributed by atoms with Crippen molar-refractivity contribution in [2.45, 2.75) is 51.0 Å². The Hall–Kier alpha value is -3.25. The molecule has 1 N–H and O–H groups in total. The molecular formula is C25H27F2N7O2S. The lowest BCUT2D eigenvalue weighted by atomic mass is 9.90. The van der Waals surface area contributed by atoms with Crippen LogP contribution in [0.1, 0.15) is 53.3 Å². The van der Waals surface area contributed by atoms with Crippen LogP contribution in [0.15, 0.2) is 30.6 Å². The van der Waals surface area contributed by atoms with Gasteiger partial charge in [-0.3, -0.25) is 4.40 Å². The van der Waals surface area contributed by atoms with Crippen LogP contribution in [0.4, 0.5) is 14.6 Å². The summed E-state index contributed by atoms with van der Waals surface area (Å²) in [5.74, 6) is -1.52. The highest BCUT2D eigenvalue weighted by Crippen LogP contribution is 2.43. The van der Waals surface area contributed by atoms with E-state index in [4.69, 9.17) is 0 Å². The number of benzene rings is 1. The van der Waals surface area contributed by atoms with E-state index in [1.807, 2.05) is 16.5 Å². The lowest BCUT2D eigenvalue weighted by Crippen LogP contribution is -2.37. The molecule has 4 aromatic rings. The van der Waals surface area contributed by atoms with Crippen molar-refractivity contribution in [3.63, 3.8) is 0 Å². The van der Waals surface area contributed by atoms with Crippen LogP contribution in [0, 0.1) is 6.92 Å². The smallest absolute Gasteiger partial charge is 0.273 e. The number of alkyl halides is 2. The number of aryl methyl sites for hydroxylation is 1. The largest absolute Gasteiger partial charge is 0.365 e. The Balaban J connectivity index is 1.38. The maximum Gasteiger partial charge on any atom is 0.273 e. The molecule has 1 aliphatic heterocycles. The molecular weight excluding hydrogens is 500 g/mol. The van der Waals surface area contributed by atoms with Crippen molar-refractivity contribution in [2.75, 3.05) is 24.7 Å². The van der Waals surface area contributed by atoms with Gasteiger partial charge in [0.15, 0.2) is 11.3 Å². The molecule has 1 saturated heterocycles. The molecule has 4 heterocycles. The predicted molar refractivity (Wildman–Crippen MR) is 135 cm³/mol. The number of pyridine rings is 1. The normalized spacial score (nSPS) is 18.5. The maximum absolute atomic E-state index is 14.3. The topological polar surface area (TPSA) is 105 Å². The van der Waals surface area contributed by atoms with Crippen LogP contribution < -0.4 is 5.32 Å². The quantitative estimate of drug-likeness (QED) is 0.421. The van der Waals surface area contributed by atoms with Gasteiger partial charge in [-0.2, -0.15) is 0 Å². The van der Waals surface area contributed by atoms with Crippen LogP contribution >= 0.6 is 0 Å². The van der Waals surface area contributed by atoms with Crippen LogP contribution in [0.5, 0.6) is 0 Å². The molecule has 194 valence electrons. The molecule has 0 saturated carbocycles. The molecule has 1 aliphatic carbocycles. The molecule has 37 heavy (non-hydrogen) atoms. The van der Waals surface area contributed by atoms with E-state index in [2.05, 4.69) is 25.5 Å². The van der Waals surface area contributed by atoms with E-state index in [1.165, 1.54) is 16.6 Å². The third-order valence-electron chi connectivity index (χ3n) is 7.54. The highest BCUT2D eigenvalue weighted by Gasteiger charge is 2.39. The molecule has 0 radical (unpaired) electrons. The van der Waals surface area contributed by atoms with Crippen LogP contribution in [-0.4, -0.2) is 56.6 Å². The van der Waals surface area contributed by atoms with Gasteiger partial charge in [0.1, 0.15) is 18.0 Å². The Morgan fingerprint density at radius 3 is 2.70 bits per heavy atom. The van der Waals surface area contributed by atoms with Gasteiger partial charge < -0.3 is 5.32 Å². The SMILES string of the molecule is Cc1nc(NCc2cccc3c2CCC3(F)F)c2cc(C3CCN(S(C)(=O)=O)CC3)c3nncn3c2n1. The number of fused-ring (bicyclic) bond motifs is 4. The lowest BCUT2D eigenvalue weighted by Gasteiger charge is -2.30. The highest BCUT2D eigenvalue weighted by atomic mass is 32.2. The summed E-state index contributed by atoms with van der Waals surface area (Å²) in [4.78, 5) is 9.29. The zero-order valence-corrected chi connectivity index (χ0v) is 21.4. The summed E-state index contributed by atoms with van der Waals surface area (Å²) in [6.45, 7) is 3.05. The fourth-order valence-electron chi connectivity index (χ4n) is 5.66. The summed E-state index contributed by atoms with van der Waals surface area (Å²) in [6.07, 6.45) is 4.38. The minimum atomic E-state index is -3.23. The van der Waals surface area contributed by atoms with Gasteiger partial charge in [-0.05, 0) is 49.3 Å². The van der Waals surface area contributed by atoms with Crippen LogP contribution in [0.2, 0.25) is 0 Å². The molecule has 0 unspecified atom stereocenters.